The molecule has 2 aromatic rings. The van der Waals surface area contributed by atoms with E-state index in [4.69, 9.17) is 0 Å². The molecule has 6 nitrogen and oxygen atoms in total. The highest BCUT2D eigenvalue weighted by atomic mass is 32.2. The summed E-state index contributed by atoms with van der Waals surface area (Å²) in [5.41, 5.74) is 0.828. The van der Waals surface area contributed by atoms with E-state index in [2.05, 4.69) is 41.2 Å². The summed E-state index contributed by atoms with van der Waals surface area (Å²) in [6.45, 7) is 3.09. The number of likely N-dealkylation sites (N-methyl/N-ethyl adjacent to an activating group) is 1. The standard InChI is InChI=1S/C19H28N4O2S/c1-14-6-5-9-19(11-14,23(2)3)12-20-18-16-10-15(26(4,24)25)7-8-17(16)21-13-22-18/h7-8,10,13-14H,5-6,9,11-12H2,1-4H3,(H,20,21,22). The Hall–Kier alpha value is -1.73. The van der Waals surface area contributed by atoms with Crippen LogP contribution in [0.2, 0.25) is 0 Å². The molecule has 0 spiro atoms. The molecule has 1 aromatic heterocycles. The second-order valence-corrected chi connectivity index (χ2v) is 9.86. The highest BCUT2D eigenvalue weighted by molar-refractivity contribution is 7.90. The number of nitrogens with one attached hydrogen (secondary N) is 1. The molecular weight excluding hydrogens is 348 g/mol. The molecule has 1 aliphatic rings. The second-order valence-electron chi connectivity index (χ2n) is 7.85. The zero-order valence-corrected chi connectivity index (χ0v) is 16.8. The zero-order chi connectivity index (χ0) is 18.9. The van der Waals surface area contributed by atoms with Crippen molar-refractivity contribution in [1.82, 2.24) is 14.9 Å². The van der Waals surface area contributed by atoms with Crippen molar-refractivity contribution < 1.29 is 8.42 Å². The van der Waals surface area contributed by atoms with Crippen LogP contribution in [0.1, 0.15) is 32.6 Å². The molecule has 0 amide bonds. The normalized spacial score (nSPS) is 24.1. The minimum Gasteiger partial charge on any atom is -0.368 e. The van der Waals surface area contributed by atoms with Crippen molar-refractivity contribution in [2.45, 2.75) is 43.0 Å². The Morgan fingerprint density at radius 3 is 2.73 bits per heavy atom. The molecule has 3 rings (SSSR count). The topological polar surface area (TPSA) is 75.2 Å². The van der Waals surface area contributed by atoms with Crippen LogP contribution in [-0.2, 0) is 9.84 Å². The van der Waals surface area contributed by atoms with Gasteiger partial charge in [-0.2, -0.15) is 0 Å². The van der Waals surface area contributed by atoms with Crippen LogP contribution < -0.4 is 5.32 Å². The van der Waals surface area contributed by atoms with Crippen LogP contribution in [0, 0.1) is 5.92 Å². The Morgan fingerprint density at radius 2 is 2.08 bits per heavy atom. The van der Waals surface area contributed by atoms with Gasteiger partial charge >= 0.3 is 0 Å². The van der Waals surface area contributed by atoms with Gasteiger partial charge in [-0.1, -0.05) is 19.8 Å². The lowest BCUT2D eigenvalue weighted by molar-refractivity contribution is 0.0882. The fourth-order valence-electron chi connectivity index (χ4n) is 4.01. The van der Waals surface area contributed by atoms with Gasteiger partial charge in [-0.25, -0.2) is 18.4 Å². The Balaban J connectivity index is 1.93. The average molecular weight is 377 g/mol. The van der Waals surface area contributed by atoms with Crippen LogP contribution in [0.15, 0.2) is 29.4 Å². The smallest absolute Gasteiger partial charge is 0.175 e. The maximum Gasteiger partial charge on any atom is 0.175 e. The first kappa shape index (κ1) is 19.0. The third-order valence-electron chi connectivity index (χ3n) is 5.64. The number of benzene rings is 1. The number of nitrogens with zero attached hydrogens (tertiary/aromatic N) is 3. The molecule has 142 valence electrons. The molecule has 2 atom stereocenters. The monoisotopic (exact) mass is 376 g/mol. The van der Waals surface area contributed by atoms with E-state index >= 15 is 0 Å². The van der Waals surface area contributed by atoms with Crippen molar-refractivity contribution in [2.24, 2.45) is 5.92 Å². The van der Waals surface area contributed by atoms with E-state index < -0.39 is 9.84 Å². The van der Waals surface area contributed by atoms with Gasteiger partial charge in [0.05, 0.1) is 10.4 Å². The maximum atomic E-state index is 11.9. The molecule has 1 N–H and O–H groups in total. The number of sulfone groups is 1. The molecule has 0 aliphatic heterocycles. The summed E-state index contributed by atoms with van der Waals surface area (Å²) in [6, 6.07) is 5.00. The highest BCUT2D eigenvalue weighted by Gasteiger charge is 2.36. The van der Waals surface area contributed by atoms with Gasteiger partial charge in [0.1, 0.15) is 12.1 Å². The van der Waals surface area contributed by atoms with Crippen molar-refractivity contribution in [3.63, 3.8) is 0 Å². The zero-order valence-electron chi connectivity index (χ0n) is 16.0. The van der Waals surface area contributed by atoms with Gasteiger partial charge in [0, 0.05) is 23.7 Å². The number of anilines is 1. The lowest BCUT2D eigenvalue weighted by atomic mass is 9.75. The molecule has 0 radical (unpaired) electrons. The molecule has 26 heavy (non-hydrogen) atoms. The Morgan fingerprint density at radius 1 is 1.31 bits per heavy atom. The van der Waals surface area contributed by atoms with Crippen molar-refractivity contribution in [2.75, 3.05) is 32.2 Å². The van der Waals surface area contributed by atoms with Crippen LogP contribution in [0.25, 0.3) is 10.9 Å². The van der Waals surface area contributed by atoms with Crippen LogP contribution in [0.3, 0.4) is 0 Å². The summed E-state index contributed by atoms with van der Waals surface area (Å²) in [4.78, 5) is 11.3. The molecule has 1 saturated carbocycles. The molecule has 1 aliphatic carbocycles. The first-order valence-corrected chi connectivity index (χ1v) is 11.0. The van der Waals surface area contributed by atoms with E-state index in [0.717, 1.165) is 30.3 Å². The van der Waals surface area contributed by atoms with Gasteiger partial charge in [-0.15, -0.1) is 0 Å². The molecule has 0 bridgehead atoms. The number of hydrogen-bond donors (Lipinski definition) is 1. The van der Waals surface area contributed by atoms with Crippen molar-refractivity contribution in [1.29, 1.82) is 0 Å². The van der Waals surface area contributed by atoms with E-state index in [0.29, 0.717) is 11.7 Å². The minimum absolute atomic E-state index is 0.0867. The van der Waals surface area contributed by atoms with Crippen LogP contribution in [0.4, 0.5) is 5.82 Å². The number of aromatic nitrogens is 2. The molecular formula is C19H28N4O2S. The summed E-state index contributed by atoms with van der Waals surface area (Å²) in [6.07, 6.45) is 7.54. The largest absolute Gasteiger partial charge is 0.368 e. The van der Waals surface area contributed by atoms with Gasteiger partial charge < -0.3 is 10.2 Å². The summed E-state index contributed by atoms with van der Waals surface area (Å²) in [5.74, 6) is 1.40. The number of rotatable bonds is 5. The number of fused-ring (bicyclic) bond motifs is 1. The molecule has 0 saturated heterocycles. The Bertz CT molecular complexity index is 898. The fourth-order valence-corrected chi connectivity index (χ4v) is 4.66. The minimum atomic E-state index is -3.27. The summed E-state index contributed by atoms with van der Waals surface area (Å²) in [5, 5.41) is 4.23. The van der Waals surface area contributed by atoms with E-state index in [-0.39, 0.29) is 10.4 Å². The van der Waals surface area contributed by atoms with E-state index in [9.17, 15) is 8.42 Å². The lowest BCUT2D eigenvalue weighted by Crippen LogP contribution is -2.52. The number of hydrogen-bond acceptors (Lipinski definition) is 6. The van der Waals surface area contributed by atoms with Crippen LogP contribution in [0.5, 0.6) is 0 Å². The third kappa shape index (κ3) is 3.83. The maximum absolute atomic E-state index is 11.9. The Labute approximate surface area is 155 Å². The van der Waals surface area contributed by atoms with Crippen LogP contribution >= 0.6 is 0 Å². The molecule has 2 unspecified atom stereocenters. The molecule has 1 fully saturated rings. The van der Waals surface area contributed by atoms with Gasteiger partial charge in [0.15, 0.2) is 9.84 Å². The predicted molar refractivity (Wildman–Crippen MR) is 105 cm³/mol. The summed E-state index contributed by atoms with van der Waals surface area (Å²) >= 11 is 0. The summed E-state index contributed by atoms with van der Waals surface area (Å²) < 4.78 is 23.8. The summed E-state index contributed by atoms with van der Waals surface area (Å²) in [7, 11) is 1.01. The average Bonchev–Trinajstić information content (AvgIpc) is 2.58. The van der Waals surface area contributed by atoms with Gasteiger partial charge in [0.25, 0.3) is 0 Å². The van der Waals surface area contributed by atoms with Crippen LogP contribution in [-0.4, -0.2) is 55.7 Å². The third-order valence-corrected chi connectivity index (χ3v) is 6.75. The second kappa shape index (κ2) is 7.12. The van der Waals surface area contributed by atoms with Crippen molar-refractivity contribution in [3.8, 4) is 0 Å². The van der Waals surface area contributed by atoms with E-state index in [1.54, 1.807) is 18.2 Å². The molecule has 1 aromatic carbocycles. The van der Waals surface area contributed by atoms with Crippen molar-refractivity contribution >= 4 is 26.6 Å². The molecule has 7 heteroatoms. The van der Waals surface area contributed by atoms with Gasteiger partial charge in [0.2, 0.25) is 0 Å². The first-order chi connectivity index (χ1) is 12.2. The Kier molecular flexibility index (Phi) is 5.21. The first-order valence-electron chi connectivity index (χ1n) is 9.07. The van der Waals surface area contributed by atoms with E-state index in [1.165, 1.54) is 25.4 Å². The van der Waals surface area contributed by atoms with Gasteiger partial charge in [-0.3, -0.25) is 0 Å². The molecule has 1 heterocycles. The predicted octanol–water partition coefficient (Wildman–Crippen LogP) is 2.96. The SMILES string of the molecule is CC1CCCC(CNc2ncnc3ccc(S(C)(=O)=O)cc23)(N(C)C)C1. The fraction of sp³-hybridized carbons (Fsp3) is 0.579. The lowest BCUT2D eigenvalue weighted by Gasteiger charge is -2.45. The quantitative estimate of drug-likeness (QED) is 0.865. The van der Waals surface area contributed by atoms with Crippen molar-refractivity contribution in [3.05, 3.63) is 24.5 Å². The highest BCUT2D eigenvalue weighted by Crippen LogP contribution is 2.36. The van der Waals surface area contributed by atoms with Gasteiger partial charge in [-0.05, 0) is 51.1 Å². The van der Waals surface area contributed by atoms with E-state index in [1.807, 2.05) is 0 Å².